The van der Waals surface area contributed by atoms with Gasteiger partial charge in [-0.05, 0) is 33.6 Å². The zero-order valence-electron chi connectivity index (χ0n) is 8.89. The number of hydrogen-bond acceptors (Lipinski definition) is 3. The second-order valence-corrected chi connectivity index (χ2v) is 5.24. The summed E-state index contributed by atoms with van der Waals surface area (Å²) in [6.07, 6.45) is 3.56. The van der Waals surface area contributed by atoms with Gasteiger partial charge in [0.25, 0.3) is 0 Å². The predicted octanol–water partition coefficient (Wildman–Crippen LogP) is 2.31. The molecule has 76 valence electrons. The van der Waals surface area contributed by atoms with Crippen molar-refractivity contribution in [1.29, 1.82) is 0 Å². The van der Waals surface area contributed by atoms with Gasteiger partial charge in [0.2, 0.25) is 0 Å². The minimum Gasteiger partial charge on any atom is -0.311 e. The van der Waals surface area contributed by atoms with Gasteiger partial charge in [-0.2, -0.15) is 4.91 Å². The lowest BCUT2D eigenvalue weighted by molar-refractivity contribution is 0.129. The van der Waals surface area contributed by atoms with Crippen LogP contribution in [0.1, 0.15) is 40.0 Å². The predicted molar refractivity (Wildman–Crippen MR) is 54.7 cm³/mol. The molecule has 0 radical (unpaired) electrons. The summed E-state index contributed by atoms with van der Waals surface area (Å²) in [7, 11) is 0. The second-order valence-electron chi connectivity index (χ2n) is 5.24. The molecule has 1 aliphatic carbocycles. The van der Waals surface area contributed by atoms with Crippen LogP contribution in [-0.2, 0) is 0 Å². The van der Waals surface area contributed by atoms with Gasteiger partial charge < -0.3 is 5.32 Å². The Hall–Kier alpha value is -0.440. The van der Waals surface area contributed by atoms with Crippen LogP contribution in [-0.4, -0.2) is 18.6 Å². The summed E-state index contributed by atoms with van der Waals surface area (Å²) in [6, 6.07) is 0. The van der Waals surface area contributed by atoms with E-state index in [1.807, 2.05) is 0 Å². The Balaban J connectivity index is 2.36. The third-order valence-corrected chi connectivity index (χ3v) is 2.81. The molecule has 1 rings (SSSR count). The van der Waals surface area contributed by atoms with Crippen molar-refractivity contribution in [3.8, 4) is 0 Å². The lowest BCUT2D eigenvalue weighted by Crippen LogP contribution is -2.48. The fraction of sp³-hybridized carbons (Fsp3) is 1.00. The van der Waals surface area contributed by atoms with Crippen molar-refractivity contribution in [2.45, 2.75) is 45.6 Å². The molecule has 3 heteroatoms. The molecule has 0 aromatic carbocycles. The van der Waals surface area contributed by atoms with Crippen LogP contribution < -0.4 is 5.32 Å². The van der Waals surface area contributed by atoms with Crippen molar-refractivity contribution in [3.63, 3.8) is 0 Å². The molecule has 0 aromatic rings. The third-order valence-electron chi connectivity index (χ3n) is 2.81. The summed E-state index contributed by atoms with van der Waals surface area (Å²) in [5.41, 5.74) is 0.334. The van der Waals surface area contributed by atoms with E-state index in [9.17, 15) is 4.91 Å². The molecule has 0 heterocycles. The first-order valence-corrected chi connectivity index (χ1v) is 5.02. The van der Waals surface area contributed by atoms with Crippen LogP contribution in [0.2, 0.25) is 0 Å². The minimum absolute atomic E-state index is 0.144. The van der Waals surface area contributed by atoms with E-state index in [4.69, 9.17) is 0 Å². The first-order chi connectivity index (χ1) is 5.97. The van der Waals surface area contributed by atoms with Crippen molar-refractivity contribution in [2.24, 2.45) is 10.6 Å². The first-order valence-electron chi connectivity index (χ1n) is 5.02. The third kappa shape index (κ3) is 3.07. The van der Waals surface area contributed by atoms with E-state index >= 15 is 0 Å². The molecule has 0 aromatic heterocycles. The molecule has 3 nitrogen and oxygen atoms in total. The average Bonchev–Trinajstić information content (AvgIpc) is 1.92. The van der Waals surface area contributed by atoms with Crippen molar-refractivity contribution < 1.29 is 0 Å². The number of rotatable bonds is 4. The van der Waals surface area contributed by atoms with Crippen molar-refractivity contribution >= 4 is 0 Å². The number of nitroso groups, excluding NO2 is 1. The monoisotopic (exact) mass is 184 g/mol. The largest absolute Gasteiger partial charge is 0.311 e. The van der Waals surface area contributed by atoms with Crippen LogP contribution in [0.15, 0.2) is 5.18 Å². The van der Waals surface area contributed by atoms with E-state index in [1.165, 1.54) is 6.42 Å². The van der Waals surface area contributed by atoms with E-state index in [2.05, 4.69) is 31.3 Å². The summed E-state index contributed by atoms with van der Waals surface area (Å²) < 4.78 is 0. The molecular formula is C10H20N2O. The van der Waals surface area contributed by atoms with Gasteiger partial charge >= 0.3 is 0 Å². The quantitative estimate of drug-likeness (QED) is 0.681. The molecule has 0 aliphatic heterocycles. The van der Waals surface area contributed by atoms with Gasteiger partial charge in [0.05, 0.1) is 6.54 Å². The van der Waals surface area contributed by atoms with Crippen LogP contribution in [0.5, 0.6) is 0 Å². The molecule has 0 unspecified atom stereocenters. The Morgan fingerprint density at radius 1 is 1.38 bits per heavy atom. The summed E-state index contributed by atoms with van der Waals surface area (Å²) >= 11 is 0. The fourth-order valence-electron chi connectivity index (χ4n) is 1.66. The van der Waals surface area contributed by atoms with Crippen molar-refractivity contribution in [2.75, 3.05) is 13.1 Å². The first kappa shape index (κ1) is 10.6. The van der Waals surface area contributed by atoms with Gasteiger partial charge in [-0.15, -0.1) is 0 Å². The molecule has 13 heavy (non-hydrogen) atoms. The normalized spacial score (nSPS) is 20.8. The summed E-state index contributed by atoms with van der Waals surface area (Å²) in [4.78, 5) is 10.3. The van der Waals surface area contributed by atoms with Gasteiger partial charge in [0.1, 0.15) is 0 Å². The zero-order valence-corrected chi connectivity index (χ0v) is 8.89. The van der Waals surface area contributed by atoms with Gasteiger partial charge in [0, 0.05) is 17.5 Å². The van der Waals surface area contributed by atoms with Crippen molar-refractivity contribution in [1.82, 2.24) is 5.32 Å². The highest BCUT2D eigenvalue weighted by molar-refractivity contribution is 4.92. The summed E-state index contributed by atoms with van der Waals surface area (Å²) in [5, 5.41) is 6.49. The highest BCUT2D eigenvalue weighted by Crippen LogP contribution is 2.40. The van der Waals surface area contributed by atoms with Gasteiger partial charge in [0.15, 0.2) is 0 Å². The van der Waals surface area contributed by atoms with Crippen LogP contribution in [0.25, 0.3) is 0 Å². The molecule has 1 fully saturated rings. The molecule has 1 N–H and O–H groups in total. The van der Waals surface area contributed by atoms with Crippen molar-refractivity contribution in [3.05, 3.63) is 4.91 Å². The molecule has 0 bridgehead atoms. The van der Waals surface area contributed by atoms with E-state index in [1.54, 1.807) is 0 Å². The topological polar surface area (TPSA) is 41.5 Å². The lowest BCUT2D eigenvalue weighted by atomic mass is 9.68. The Labute approximate surface area is 80.3 Å². The van der Waals surface area contributed by atoms with Crippen LogP contribution in [0.4, 0.5) is 0 Å². The summed E-state index contributed by atoms with van der Waals surface area (Å²) in [5.74, 6) is 0. The molecule has 1 aliphatic rings. The SMILES string of the molecule is CC(C)(C)NCC1(CN=O)CCC1. The lowest BCUT2D eigenvalue weighted by Gasteiger charge is -2.41. The highest BCUT2D eigenvalue weighted by atomic mass is 16.3. The number of nitrogens with zero attached hydrogens (tertiary/aromatic N) is 1. The number of hydrogen-bond donors (Lipinski definition) is 1. The van der Waals surface area contributed by atoms with E-state index < -0.39 is 0 Å². The van der Waals surface area contributed by atoms with Gasteiger partial charge in [-0.1, -0.05) is 11.6 Å². The highest BCUT2D eigenvalue weighted by Gasteiger charge is 2.37. The minimum atomic E-state index is 0.144. The van der Waals surface area contributed by atoms with Crippen LogP contribution >= 0.6 is 0 Å². The maximum absolute atomic E-state index is 10.3. The molecule has 1 saturated carbocycles. The Morgan fingerprint density at radius 3 is 2.31 bits per heavy atom. The molecular weight excluding hydrogens is 164 g/mol. The molecule has 0 spiro atoms. The Bertz CT molecular complexity index is 180. The maximum atomic E-state index is 10.3. The Morgan fingerprint density at radius 2 is 2.00 bits per heavy atom. The van der Waals surface area contributed by atoms with Gasteiger partial charge in [-0.25, -0.2) is 0 Å². The van der Waals surface area contributed by atoms with Crippen LogP contribution in [0.3, 0.4) is 0 Å². The zero-order chi connectivity index (χ0) is 9.95. The van der Waals surface area contributed by atoms with Crippen LogP contribution in [0, 0.1) is 10.3 Å². The standard InChI is InChI=1S/C10H20N2O/c1-9(2,3)11-7-10(8-12-13)5-4-6-10/h11H,4-8H2,1-3H3. The maximum Gasteiger partial charge on any atom is 0.0879 e. The smallest absolute Gasteiger partial charge is 0.0879 e. The molecule has 0 amide bonds. The average molecular weight is 184 g/mol. The fourth-order valence-corrected chi connectivity index (χ4v) is 1.66. The summed E-state index contributed by atoms with van der Waals surface area (Å²) in [6.45, 7) is 7.85. The Kier molecular flexibility index (Phi) is 3.06. The number of nitrogens with one attached hydrogen (secondary N) is 1. The molecule has 0 saturated heterocycles. The molecule has 0 atom stereocenters. The second kappa shape index (κ2) is 3.74. The van der Waals surface area contributed by atoms with E-state index in [0.717, 1.165) is 19.4 Å². The van der Waals surface area contributed by atoms with Gasteiger partial charge in [-0.3, -0.25) is 0 Å². The van der Waals surface area contributed by atoms with E-state index in [-0.39, 0.29) is 11.0 Å². The van der Waals surface area contributed by atoms with E-state index in [0.29, 0.717) is 6.54 Å².